The Labute approximate surface area is 154 Å². The van der Waals surface area contributed by atoms with Crippen molar-refractivity contribution in [1.29, 1.82) is 0 Å². The van der Waals surface area contributed by atoms with Gasteiger partial charge in [-0.1, -0.05) is 24.9 Å². The summed E-state index contributed by atoms with van der Waals surface area (Å²) >= 11 is 5.95. The van der Waals surface area contributed by atoms with Gasteiger partial charge in [0.05, 0.1) is 16.3 Å². The fourth-order valence-electron chi connectivity index (χ4n) is 2.15. The summed E-state index contributed by atoms with van der Waals surface area (Å²) in [6.45, 7) is 2.60. The first-order valence-electron chi connectivity index (χ1n) is 7.94. The van der Waals surface area contributed by atoms with Gasteiger partial charge in [0.1, 0.15) is 5.69 Å². The summed E-state index contributed by atoms with van der Waals surface area (Å²) in [5.41, 5.74) is -0.703. The number of carbonyl (C=O) groups excluding carboxylic acids is 1. The fourth-order valence-corrected chi connectivity index (χ4v) is 2.31. The Kier molecular flexibility index (Phi) is 6.42. The molecule has 0 aliphatic carbocycles. The van der Waals surface area contributed by atoms with Crippen LogP contribution >= 0.6 is 11.6 Å². The first-order chi connectivity index (χ1) is 12.2. The van der Waals surface area contributed by atoms with Crippen molar-refractivity contribution in [2.24, 2.45) is 0 Å². The quantitative estimate of drug-likeness (QED) is 0.777. The molecule has 140 valence electrons. The van der Waals surface area contributed by atoms with Crippen LogP contribution in [-0.2, 0) is 6.18 Å². The first-order valence-corrected chi connectivity index (χ1v) is 8.32. The van der Waals surface area contributed by atoms with Gasteiger partial charge in [0, 0.05) is 19.8 Å². The molecule has 1 heterocycles. The van der Waals surface area contributed by atoms with E-state index < -0.39 is 11.7 Å². The number of alkyl halides is 3. The molecule has 0 bridgehead atoms. The predicted octanol–water partition coefficient (Wildman–Crippen LogP) is 4.76. The Morgan fingerprint density at radius 1 is 1.31 bits per heavy atom. The number of hydrogen-bond acceptors (Lipinski definition) is 4. The smallest absolute Gasteiger partial charge is 0.340 e. The van der Waals surface area contributed by atoms with Crippen molar-refractivity contribution in [2.75, 3.05) is 18.9 Å². The predicted molar refractivity (Wildman–Crippen MR) is 93.6 cm³/mol. The fraction of sp³-hybridized carbons (Fsp3) is 0.353. The third-order valence-electron chi connectivity index (χ3n) is 3.61. The molecule has 26 heavy (non-hydrogen) atoms. The molecule has 0 atom stereocenters. The van der Waals surface area contributed by atoms with E-state index in [-0.39, 0.29) is 28.3 Å². The van der Waals surface area contributed by atoms with Crippen molar-refractivity contribution >= 4 is 29.1 Å². The van der Waals surface area contributed by atoms with Crippen LogP contribution in [0.1, 0.15) is 35.8 Å². The van der Waals surface area contributed by atoms with Gasteiger partial charge in [0.2, 0.25) is 5.95 Å². The van der Waals surface area contributed by atoms with Crippen molar-refractivity contribution in [3.63, 3.8) is 0 Å². The van der Waals surface area contributed by atoms with Crippen LogP contribution in [0.15, 0.2) is 30.5 Å². The van der Waals surface area contributed by atoms with E-state index in [1.807, 2.05) is 6.92 Å². The van der Waals surface area contributed by atoms with Crippen LogP contribution in [0.25, 0.3) is 0 Å². The standard InChI is InChI=1S/C17H18ClF3N4O/c1-3-4-9-25(2)15(26)13-7-8-22-16(23-13)24-14-10-11(17(19,20)21)5-6-12(14)18/h5-8,10H,3-4,9H2,1-2H3,(H,22,23,24). The summed E-state index contributed by atoms with van der Waals surface area (Å²) in [5.74, 6) is -0.306. The Hall–Kier alpha value is -2.35. The summed E-state index contributed by atoms with van der Waals surface area (Å²) in [7, 11) is 1.66. The third-order valence-corrected chi connectivity index (χ3v) is 3.94. The van der Waals surface area contributed by atoms with Gasteiger partial charge in [-0.2, -0.15) is 13.2 Å². The lowest BCUT2D eigenvalue weighted by molar-refractivity contribution is -0.137. The van der Waals surface area contributed by atoms with Gasteiger partial charge in [0.15, 0.2) is 0 Å². The second-order valence-corrected chi connectivity index (χ2v) is 6.07. The molecular formula is C17H18ClF3N4O. The summed E-state index contributed by atoms with van der Waals surface area (Å²) in [6, 6.07) is 4.34. The van der Waals surface area contributed by atoms with Crippen LogP contribution < -0.4 is 5.32 Å². The minimum Gasteiger partial charge on any atom is -0.340 e. The topological polar surface area (TPSA) is 58.1 Å². The molecule has 0 unspecified atom stereocenters. The van der Waals surface area contributed by atoms with Gasteiger partial charge in [-0.3, -0.25) is 4.79 Å². The molecule has 0 radical (unpaired) electrons. The Balaban J connectivity index is 2.22. The number of benzene rings is 1. The minimum atomic E-state index is -4.50. The molecule has 1 N–H and O–H groups in total. The van der Waals surface area contributed by atoms with Crippen LogP contribution in [0, 0.1) is 0 Å². The zero-order valence-electron chi connectivity index (χ0n) is 14.3. The molecular weight excluding hydrogens is 369 g/mol. The van der Waals surface area contributed by atoms with Crippen molar-refractivity contribution < 1.29 is 18.0 Å². The highest BCUT2D eigenvalue weighted by Crippen LogP contribution is 2.34. The summed E-state index contributed by atoms with van der Waals surface area (Å²) < 4.78 is 38.5. The molecule has 9 heteroatoms. The number of halogens is 4. The summed E-state index contributed by atoms with van der Waals surface area (Å²) in [4.78, 5) is 21.9. The van der Waals surface area contributed by atoms with Gasteiger partial charge in [-0.15, -0.1) is 0 Å². The lowest BCUT2D eigenvalue weighted by atomic mass is 10.2. The van der Waals surface area contributed by atoms with Gasteiger partial charge < -0.3 is 10.2 Å². The maximum Gasteiger partial charge on any atom is 0.416 e. The molecule has 0 saturated heterocycles. The molecule has 0 aliphatic rings. The number of unbranched alkanes of at least 4 members (excludes halogenated alkanes) is 1. The molecule has 1 amide bonds. The van der Waals surface area contributed by atoms with Crippen LogP contribution in [-0.4, -0.2) is 34.4 Å². The number of rotatable bonds is 6. The van der Waals surface area contributed by atoms with Gasteiger partial charge in [0.25, 0.3) is 5.91 Å². The third kappa shape index (κ3) is 5.08. The van der Waals surface area contributed by atoms with Crippen molar-refractivity contribution in [2.45, 2.75) is 25.9 Å². The number of nitrogens with zero attached hydrogens (tertiary/aromatic N) is 3. The number of aromatic nitrogens is 2. The molecule has 0 aliphatic heterocycles. The van der Waals surface area contributed by atoms with Crippen molar-refractivity contribution in [3.8, 4) is 0 Å². The van der Waals surface area contributed by atoms with E-state index in [1.165, 1.54) is 17.2 Å². The SMILES string of the molecule is CCCCN(C)C(=O)c1ccnc(Nc2cc(C(F)(F)F)ccc2Cl)n1. The second kappa shape index (κ2) is 8.35. The molecule has 2 rings (SSSR count). The largest absolute Gasteiger partial charge is 0.416 e. The molecule has 1 aromatic carbocycles. The average molecular weight is 387 g/mol. The lowest BCUT2D eigenvalue weighted by Crippen LogP contribution is -2.28. The van der Waals surface area contributed by atoms with Crippen LogP contribution in [0.5, 0.6) is 0 Å². The highest BCUT2D eigenvalue weighted by atomic mass is 35.5. The first kappa shape index (κ1) is 20.0. The molecule has 0 fully saturated rings. The molecule has 0 spiro atoms. The van der Waals surface area contributed by atoms with Crippen molar-refractivity contribution in [3.05, 3.63) is 46.7 Å². The van der Waals surface area contributed by atoms with E-state index in [1.54, 1.807) is 7.05 Å². The monoisotopic (exact) mass is 386 g/mol. The van der Waals surface area contributed by atoms with Gasteiger partial charge >= 0.3 is 6.18 Å². The van der Waals surface area contributed by atoms with Crippen LogP contribution in [0.3, 0.4) is 0 Å². The number of carbonyl (C=O) groups is 1. The summed E-state index contributed by atoms with van der Waals surface area (Å²) in [6.07, 6.45) is -1.33. The van der Waals surface area contributed by atoms with E-state index in [0.717, 1.165) is 31.0 Å². The normalized spacial score (nSPS) is 11.3. The lowest BCUT2D eigenvalue weighted by Gasteiger charge is -2.16. The zero-order valence-corrected chi connectivity index (χ0v) is 15.0. The van der Waals surface area contributed by atoms with E-state index >= 15 is 0 Å². The van der Waals surface area contributed by atoms with Gasteiger partial charge in [-0.25, -0.2) is 9.97 Å². The Morgan fingerprint density at radius 2 is 2.04 bits per heavy atom. The van der Waals surface area contributed by atoms with E-state index in [0.29, 0.717) is 6.54 Å². The van der Waals surface area contributed by atoms with Gasteiger partial charge in [-0.05, 0) is 30.7 Å². The number of anilines is 2. The number of amides is 1. The Bertz CT molecular complexity index is 783. The van der Waals surface area contributed by atoms with E-state index in [9.17, 15) is 18.0 Å². The molecule has 1 aromatic heterocycles. The number of nitrogens with one attached hydrogen (secondary N) is 1. The Morgan fingerprint density at radius 3 is 2.69 bits per heavy atom. The number of hydrogen-bond donors (Lipinski definition) is 1. The minimum absolute atomic E-state index is 0.00503. The second-order valence-electron chi connectivity index (χ2n) is 5.66. The molecule has 0 saturated carbocycles. The van der Waals surface area contributed by atoms with Crippen LogP contribution in [0.4, 0.5) is 24.8 Å². The summed E-state index contributed by atoms with van der Waals surface area (Å²) in [5, 5.41) is 2.72. The molecule has 5 nitrogen and oxygen atoms in total. The van der Waals surface area contributed by atoms with Crippen molar-refractivity contribution in [1.82, 2.24) is 14.9 Å². The zero-order chi connectivity index (χ0) is 19.3. The highest BCUT2D eigenvalue weighted by molar-refractivity contribution is 6.33. The van der Waals surface area contributed by atoms with Crippen LogP contribution in [0.2, 0.25) is 5.02 Å². The maximum atomic E-state index is 12.8. The highest BCUT2D eigenvalue weighted by Gasteiger charge is 2.31. The average Bonchev–Trinajstić information content (AvgIpc) is 2.60. The maximum absolute atomic E-state index is 12.8. The van der Waals surface area contributed by atoms with E-state index in [4.69, 9.17) is 11.6 Å². The van der Waals surface area contributed by atoms with E-state index in [2.05, 4.69) is 15.3 Å². The molecule has 2 aromatic rings.